The third kappa shape index (κ3) is 4.63. The van der Waals surface area contributed by atoms with Gasteiger partial charge in [-0.2, -0.15) is 0 Å². The molecule has 2 aromatic heterocycles. The summed E-state index contributed by atoms with van der Waals surface area (Å²) in [5.74, 6) is 0. The van der Waals surface area contributed by atoms with Gasteiger partial charge in [0, 0.05) is 0 Å². The van der Waals surface area contributed by atoms with Crippen LogP contribution in [0.1, 0.15) is 18.2 Å². The molecule has 17 heavy (non-hydrogen) atoms. The zero-order chi connectivity index (χ0) is 13.1. The molecule has 0 aliphatic carbocycles. The average Bonchev–Trinajstić information content (AvgIpc) is 2.61. The molecule has 2 aromatic rings. The highest BCUT2D eigenvalue weighted by atomic mass is 35.7. The first-order valence-electron chi connectivity index (χ1n) is 4.76. The molecule has 0 unspecified atom stereocenters. The number of rotatable bonds is 1. The Morgan fingerprint density at radius 2 is 1.94 bits per heavy atom. The van der Waals surface area contributed by atoms with E-state index in [1.807, 2.05) is 21.7 Å². The van der Waals surface area contributed by atoms with Gasteiger partial charge in [-0.15, -0.1) is 19.3 Å². The zero-order valence-corrected chi connectivity index (χ0v) is 10.1. The molecule has 0 bridgehead atoms. The van der Waals surface area contributed by atoms with Gasteiger partial charge < -0.3 is 0 Å². The maximum absolute atomic E-state index is 8.49. The lowest BCUT2D eigenvalue weighted by Gasteiger charge is -2.17. The van der Waals surface area contributed by atoms with Crippen LogP contribution in [-0.2, 0) is 6.42 Å². The Morgan fingerprint density at radius 1 is 1.35 bits per heavy atom. The summed E-state index contributed by atoms with van der Waals surface area (Å²) in [5.41, 5.74) is 2.55. The van der Waals surface area contributed by atoms with Gasteiger partial charge in [-0.05, 0) is 30.0 Å². The molecule has 0 aliphatic heterocycles. The second-order valence-electron chi connectivity index (χ2n) is 3.34. The van der Waals surface area contributed by atoms with E-state index >= 15 is 0 Å². The van der Waals surface area contributed by atoms with Crippen LogP contribution in [0.25, 0.3) is 0 Å². The van der Waals surface area contributed by atoms with Gasteiger partial charge in [0.15, 0.2) is 0 Å². The second kappa shape index (κ2) is 5.39. The first-order valence-corrected chi connectivity index (χ1v) is 5.99. The van der Waals surface area contributed by atoms with Crippen molar-refractivity contribution < 1.29 is 33.4 Å². The fourth-order valence-electron chi connectivity index (χ4n) is 1.43. The van der Waals surface area contributed by atoms with E-state index in [4.69, 9.17) is 18.6 Å². The number of aryl methyl sites for hydroxylation is 2. The van der Waals surface area contributed by atoms with E-state index in [0.29, 0.717) is 0 Å². The van der Waals surface area contributed by atoms with Gasteiger partial charge in [0.25, 0.3) is 0 Å². The Hall–Kier alpha value is -1.25. The SMILES string of the molecule is CCc1cc(C)c[n+]2cncn12.[O-][Cl+3]([O-])([O-])[O-]. The first-order chi connectivity index (χ1) is 7.81. The van der Waals surface area contributed by atoms with Crippen molar-refractivity contribution in [2.45, 2.75) is 20.3 Å². The van der Waals surface area contributed by atoms with E-state index in [2.05, 4.69) is 31.1 Å². The molecule has 2 heterocycles. The third-order valence-electron chi connectivity index (χ3n) is 2.00. The predicted octanol–water partition coefficient (Wildman–Crippen LogP) is -3.97. The predicted molar refractivity (Wildman–Crippen MR) is 45.0 cm³/mol. The monoisotopic (exact) mass is 261 g/mol. The minimum atomic E-state index is -4.94. The van der Waals surface area contributed by atoms with Crippen LogP contribution < -0.4 is 23.2 Å². The topological polar surface area (TPSA) is 114 Å². The van der Waals surface area contributed by atoms with Crippen LogP contribution in [0.15, 0.2) is 24.9 Å². The lowest BCUT2D eigenvalue weighted by Crippen LogP contribution is -2.68. The molecule has 0 saturated carbocycles. The van der Waals surface area contributed by atoms with Crippen molar-refractivity contribution in [3.63, 3.8) is 0 Å². The molecule has 0 spiro atoms. The lowest BCUT2D eigenvalue weighted by molar-refractivity contribution is -2.00. The number of hydrogen-bond acceptors (Lipinski definition) is 5. The highest BCUT2D eigenvalue weighted by Crippen LogP contribution is 1.99. The van der Waals surface area contributed by atoms with Crippen molar-refractivity contribution in [1.29, 1.82) is 0 Å². The smallest absolute Gasteiger partial charge is 0.222 e. The van der Waals surface area contributed by atoms with E-state index in [1.165, 1.54) is 11.3 Å². The molecular formula is C9H12ClN3O4. The summed E-state index contributed by atoms with van der Waals surface area (Å²) in [5, 5.41) is 0. The summed E-state index contributed by atoms with van der Waals surface area (Å²) in [6, 6.07) is 2.18. The van der Waals surface area contributed by atoms with Crippen LogP contribution in [0.2, 0.25) is 0 Å². The molecular weight excluding hydrogens is 250 g/mol. The van der Waals surface area contributed by atoms with Gasteiger partial charge >= 0.3 is 6.33 Å². The molecule has 0 atom stereocenters. The minimum absolute atomic E-state index is 1.03. The summed E-state index contributed by atoms with van der Waals surface area (Å²) >= 11 is 0. The molecule has 0 aliphatic rings. The van der Waals surface area contributed by atoms with Crippen LogP contribution in [0, 0.1) is 17.2 Å². The van der Waals surface area contributed by atoms with Crippen molar-refractivity contribution in [2.24, 2.45) is 0 Å². The van der Waals surface area contributed by atoms with Gasteiger partial charge in [0.05, 0.1) is 5.69 Å². The number of fused-ring (bicyclic) bond motifs is 1. The number of hydrogen-bond donors (Lipinski definition) is 0. The van der Waals surface area contributed by atoms with Gasteiger partial charge in [-0.1, -0.05) is 6.92 Å². The second-order valence-corrected chi connectivity index (χ2v) is 4.10. The Balaban J connectivity index is 0.000000249. The highest BCUT2D eigenvalue weighted by Gasteiger charge is 2.04. The minimum Gasteiger partial charge on any atom is -0.222 e. The van der Waals surface area contributed by atoms with Crippen molar-refractivity contribution >= 4 is 0 Å². The van der Waals surface area contributed by atoms with Gasteiger partial charge in [-0.3, -0.25) is 0 Å². The maximum Gasteiger partial charge on any atom is 0.311 e. The molecule has 0 N–H and O–H groups in total. The van der Waals surface area contributed by atoms with Crippen molar-refractivity contribution in [1.82, 2.24) is 9.50 Å². The zero-order valence-electron chi connectivity index (χ0n) is 9.37. The van der Waals surface area contributed by atoms with Crippen LogP contribution >= 0.6 is 0 Å². The van der Waals surface area contributed by atoms with Crippen LogP contribution in [-0.4, -0.2) is 9.50 Å². The van der Waals surface area contributed by atoms with E-state index < -0.39 is 10.2 Å². The average molecular weight is 262 g/mol. The fraction of sp³-hybridized carbons (Fsp3) is 0.333. The quantitative estimate of drug-likeness (QED) is 0.486. The summed E-state index contributed by atoms with van der Waals surface area (Å²) in [7, 11) is -4.94. The summed E-state index contributed by atoms with van der Waals surface area (Å²) < 4.78 is 38.0. The van der Waals surface area contributed by atoms with Gasteiger partial charge in [0.2, 0.25) is 6.33 Å². The summed E-state index contributed by atoms with van der Waals surface area (Å²) in [4.78, 5) is 4.08. The molecule has 0 aromatic carbocycles. The van der Waals surface area contributed by atoms with Crippen molar-refractivity contribution in [2.75, 3.05) is 0 Å². The summed E-state index contributed by atoms with van der Waals surface area (Å²) in [6.07, 6.45) is 6.73. The first kappa shape index (κ1) is 13.8. The molecule has 0 fully saturated rings. The van der Waals surface area contributed by atoms with Gasteiger partial charge in [-0.25, -0.2) is 18.6 Å². The molecule has 8 heteroatoms. The Bertz CT molecular complexity index is 488. The Labute approximate surface area is 99.9 Å². The normalized spacial score (nSPS) is 11.2. The molecule has 0 amide bonds. The number of aromatic nitrogens is 3. The van der Waals surface area contributed by atoms with E-state index in [0.717, 1.165) is 6.42 Å². The Morgan fingerprint density at radius 3 is 2.47 bits per heavy atom. The maximum atomic E-state index is 8.49. The standard InChI is InChI=1S/C9H12N3.ClHO4/c1-3-9-4-8(2)5-11-6-10-7-12(9)11;2-1(3,4)5/h4-7H,3H2,1-2H3;(H,2,3,4,5)/q+1;/p-1. The number of nitrogens with zero attached hydrogens (tertiary/aromatic N) is 3. The van der Waals surface area contributed by atoms with Crippen LogP contribution in [0.5, 0.6) is 0 Å². The Kier molecular flexibility index (Phi) is 4.38. The van der Waals surface area contributed by atoms with E-state index in [1.54, 1.807) is 0 Å². The van der Waals surface area contributed by atoms with E-state index in [9.17, 15) is 0 Å². The van der Waals surface area contributed by atoms with Crippen molar-refractivity contribution in [3.8, 4) is 0 Å². The van der Waals surface area contributed by atoms with Crippen LogP contribution in [0.4, 0.5) is 0 Å². The molecule has 94 valence electrons. The van der Waals surface area contributed by atoms with Crippen molar-refractivity contribution in [3.05, 3.63) is 36.2 Å². The number of halogens is 1. The summed E-state index contributed by atoms with van der Waals surface area (Å²) in [6.45, 7) is 4.24. The highest BCUT2D eigenvalue weighted by molar-refractivity contribution is 5.09. The molecule has 2 rings (SSSR count). The van der Waals surface area contributed by atoms with Gasteiger partial charge in [0.1, 0.15) is 6.20 Å². The largest absolute Gasteiger partial charge is 0.311 e. The molecule has 7 nitrogen and oxygen atoms in total. The molecule has 0 radical (unpaired) electrons. The lowest BCUT2D eigenvalue weighted by atomic mass is 10.2. The third-order valence-corrected chi connectivity index (χ3v) is 2.00. The fourth-order valence-corrected chi connectivity index (χ4v) is 1.43. The van der Waals surface area contributed by atoms with E-state index in [-0.39, 0.29) is 0 Å². The molecule has 0 saturated heterocycles. The van der Waals surface area contributed by atoms with Crippen LogP contribution in [0.3, 0.4) is 0 Å².